The first-order chi connectivity index (χ1) is 36.8. The third kappa shape index (κ3) is 11.3. The summed E-state index contributed by atoms with van der Waals surface area (Å²) in [7, 11) is 0. The molecule has 6 fully saturated rings. The van der Waals surface area contributed by atoms with Crippen LogP contribution in [0.5, 0.6) is 11.6 Å². The van der Waals surface area contributed by atoms with E-state index in [-0.39, 0.29) is 60.8 Å². The van der Waals surface area contributed by atoms with Crippen LogP contribution >= 0.6 is 11.6 Å². The topological polar surface area (TPSA) is 212 Å². The second-order valence-electron chi connectivity index (χ2n) is 22.5. The van der Waals surface area contributed by atoms with E-state index in [0.717, 1.165) is 120 Å². The number of carbonyl (C=O) groups excluding carboxylic acids is 2. The van der Waals surface area contributed by atoms with Crippen LogP contribution in [-0.4, -0.2) is 147 Å². The summed E-state index contributed by atoms with van der Waals surface area (Å²) in [5.74, 6) is 1.69. The van der Waals surface area contributed by atoms with Crippen LogP contribution in [0.4, 0.5) is 23.0 Å². The molecule has 8 heterocycles. The van der Waals surface area contributed by atoms with Crippen molar-refractivity contribution in [3.8, 4) is 22.9 Å². The number of amides is 2. The monoisotopic (exact) mass is 1060 g/mol. The van der Waals surface area contributed by atoms with Gasteiger partial charge in [-0.15, -0.1) is 10.2 Å². The smallest absolute Gasteiger partial charge is 0.243 e. The number of piperazine rings is 1. The number of aromatic hydroxyl groups is 1. The number of likely N-dealkylation sites (tertiary alicyclic amines) is 2. The molecule has 1 aliphatic carbocycles. The summed E-state index contributed by atoms with van der Waals surface area (Å²) in [6.07, 6.45) is 9.84. The average Bonchev–Trinajstić information content (AvgIpc) is 4.14. The molecule has 2 aromatic carbocycles. The summed E-state index contributed by atoms with van der Waals surface area (Å²) in [5.41, 5.74) is 10.5. The lowest BCUT2D eigenvalue weighted by molar-refractivity contribution is -0.141. The van der Waals surface area contributed by atoms with Crippen molar-refractivity contribution in [3.63, 3.8) is 0 Å². The summed E-state index contributed by atoms with van der Waals surface area (Å²) in [6.45, 7) is 12.4. The van der Waals surface area contributed by atoms with Crippen LogP contribution in [0.25, 0.3) is 11.3 Å². The number of phenolic OH excluding ortho intramolecular Hbond substituents is 1. The van der Waals surface area contributed by atoms with Crippen molar-refractivity contribution in [2.24, 2.45) is 11.8 Å². The van der Waals surface area contributed by atoms with E-state index in [1.54, 1.807) is 24.3 Å². The van der Waals surface area contributed by atoms with Gasteiger partial charge in [0, 0.05) is 118 Å². The third-order valence-electron chi connectivity index (χ3n) is 16.9. The number of carbonyl (C=O) groups is 2. The zero-order valence-electron chi connectivity index (χ0n) is 43.8. The highest BCUT2D eigenvalue weighted by molar-refractivity contribution is 6.30. The number of piperidine rings is 2. The molecule has 6 atom stereocenters. The number of pyridine rings is 1. The fourth-order valence-electron chi connectivity index (χ4n) is 12.7. The zero-order valence-corrected chi connectivity index (χ0v) is 44.5. The second kappa shape index (κ2) is 22.4. The van der Waals surface area contributed by atoms with Gasteiger partial charge >= 0.3 is 0 Å². The standard InChI is InChI=1S/C57H72ClN11O7/c1-34(2)54(57(73)68-33-42(70)25-49(68)56(72)61-35(3)37-8-10-38(58)11-9-37)51-29-52(64-76-51)66-22-15-36(16-23-66)30-65-20-17-43(18-21-65)74-44-26-45(27-44)75-53-24-39(14-19-60-53)69-40-12-13-41(69)32-67(31-40)48-28-47(62-63-55(48)59)46-6-4-5-7-50(46)71/h4-11,14,19,24,28-29,34-36,40-45,49,54,70-71H,12-13,15-18,20-23,25-27,30-33H2,1-3H3,(H2,59,63)(H,61,72)/t35-,40+,41?,42+,44?,45?,49-,54+/m0/s1. The van der Waals surface area contributed by atoms with E-state index in [0.29, 0.717) is 51.7 Å². The van der Waals surface area contributed by atoms with Gasteiger partial charge in [0.2, 0.25) is 17.7 Å². The number of aliphatic hydroxyl groups excluding tert-OH is 1. The number of aromatic nitrogens is 4. The molecule has 404 valence electrons. The molecule has 3 aromatic heterocycles. The Bertz CT molecular complexity index is 2800. The quantitative estimate of drug-likeness (QED) is 0.0769. The number of para-hydroxylation sites is 1. The molecule has 5 aromatic rings. The Morgan fingerprint density at radius 2 is 1.58 bits per heavy atom. The third-order valence-corrected chi connectivity index (χ3v) is 17.1. The van der Waals surface area contributed by atoms with Crippen LogP contribution in [0.2, 0.25) is 5.02 Å². The van der Waals surface area contributed by atoms with Gasteiger partial charge in [-0.1, -0.05) is 54.9 Å². The largest absolute Gasteiger partial charge is 0.507 e. The first kappa shape index (κ1) is 51.9. The maximum Gasteiger partial charge on any atom is 0.243 e. The number of fused-ring (bicyclic) bond motifs is 2. The molecule has 1 unspecified atom stereocenters. The second-order valence-corrected chi connectivity index (χ2v) is 22.9. The predicted molar refractivity (Wildman–Crippen MR) is 290 cm³/mol. The number of ether oxygens (including phenoxy) is 2. The van der Waals surface area contributed by atoms with Crippen molar-refractivity contribution < 1.29 is 33.8 Å². The molecule has 0 spiro atoms. The Morgan fingerprint density at radius 1 is 0.842 bits per heavy atom. The molecule has 1 saturated carbocycles. The number of halogens is 1. The Kier molecular flexibility index (Phi) is 15.3. The van der Waals surface area contributed by atoms with E-state index in [1.165, 1.54) is 4.90 Å². The Balaban J connectivity index is 0.600. The van der Waals surface area contributed by atoms with Crippen LogP contribution in [0.15, 0.2) is 83.5 Å². The summed E-state index contributed by atoms with van der Waals surface area (Å²) in [5, 5.41) is 37.8. The van der Waals surface area contributed by atoms with Crippen molar-refractivity contribution in [3.05, 3.63) is 95.3 Å². The van der Waals surface area contributed by atoms with Crippen LogP contribution in [0, 0.1) is 11.8 Å². The summed E-state index contributed by atoms with van der Waals surface area (Å²) >= 11 is 6.07. The molecule has 76 heavy (non-hydrogen) atoms. The molecular formula is C57H72ClN11O7. The number of aliphatic hydroxyl groups is 1. The highest BCUT2D eigenvalue weighted by Crippen LogP contribution is 2.41. The molecule has 19 heteroatoms. The van der Waals surface area contributed by atoms with Crippen LogP contribution in [0.1, 0.15) is 102 Å². The Hall–Kier alpha value is -6.21. The van der Waals surface area contributed by atoms with E-state index >= 15 is 0 Å². The van der Waals surface area contributed by atoms with Crippen molar-refractivity contribution in [1.29, 1.82) is 0 Å². The van der Waals surface area contributed by atoms with Gasteiger partial charge in [0.05, 0.1) is 35.7 Å². The van der Waals surface area contributed by atoms with Gasteiger partial charge in [-0.2, -0.15) is 0 Å². The number of nitrogens with two attached hydrogens (primary N) is 1. The first-order valence-corrected chi connectivity index (χ1v) is 27.9. The summed E-state index contributed by atoms with van der Waals surface area (Å²) in [6, 6.07) is 22.0. The van der Waals surface area contributed by atoms with Crippen LogP contribution in [-0.2, 0) is 14.3 Å². The zero-order chi connectivity index (χ0) is 52.6. The molecule has 18 nitrogen and oxygen atoms in total. The number of benzene rings is 2. The average molecular weight is 1060 g/mol. The molecular weight excluding hydrogens is 986 g/mol. The predicted octanol–water partition coefficient (Wildman–Crippen LogP) is 7.21. The van der Waals surface area contributed by atoms with Crippen molar-refractivity contribution in [1.82, 2.24) is 35.5 Å². The van der Waals surface area contributed by atoms with Crippen molar-refractivity contribution >= 4 is 46.4 Å². The van der Waals surface area contributed by atoms with Gasteiger partial charge < -0.3 is 59.8 Å². The molecule has 6 aliphatic rings. The maximum atomic E-state index is 14.3. The molecule has 11 rings (SSSR count). The van der Waals surface area contributed by atoms with Crippen molar-refractivity contribution in [2.45, 2.75) is 133 Å². The van der Waals surface area contributed by atoms with E-state index in [4.69, 9.17) is 31.3 Å². The highest BCUT2D eigenvalue weighted by atomic mass is 35.5. The first-order valence-electron chi connectivity index (χ1n) is 27.5. The van der Waals surface area contributed by atoms with Crippen molar-refractivity contribution in [2.75, 3.05) is 72.8 Å². The van der Waals surface area contributed by atoms with Gasteiger partial charge in [-0.25, -0.2) is 4.98 Å². The number of anilines is 4. The van der Waals surface area contributed by atoms with Gasteiger partial charge in [0.25, 0.3) is 0 Å². The summed E-state index contributed by atoms with van der Waals surface area (Å²) < 4.78 is 19.0. The lowest BCUT2D eigenvalue weighted by atomic mass is 9.91. The molecule has 0 radical (unpaired) electrons. The number of hydrogen-bond acceptors (Lipinski definition) is 16. The Labute approximate surface area is 449 Å². The number of hydrogen-bond donors (Lipinski definition) is 4. The summed E-state index contributed by atoms with van der Waals surface area (Å²) in [4.78, 5) is 43.7. The number of nitrogen functional groups attached to an aromatic ring is 1. The minimum atomic E-state index is -0.799. The van der Waals surface area contributed by atoms with Crippen LogP contribution in [0.3, 0.4) is 0 Å². The molecule has 2 bridgehead atoms. The number of β-amino-alcohol motifs (C(OH)–C–C–N with tert-alkyl or cyclic N) is 1. The van der Waals surface area contributed by atoms with E-state index in [9.17, 15) is 19.8 Å². The fourth-order valence-corrected chi connectivity index (χ4v) is 12.8. The van der Waals surface area contributed by atoms with Gasteiger partial charge in [-0.3, -0.25) is 9.59 Å². The van der Waals surface area contributed by atoms with E-state index < -0.39 is 18.1 Å². The maximum absolute atomic E-state index is 14.3. The minimum absolute atomic E-state index is 0.0825. The van der Waals surface area contributed by atoms with E-state index in [2.05, 4.69) is 57.4 Å². The van der Waals surface area contributed by atoms with Gasteiger partial charge in [-0.05, 0) is 99.2 Å². The lowest BCUT2D eigenvalue weighted by Gasteiger charge is -2.43. The minimum Gasteiger partial charge on any atom is -0.507 e. The molecule has 5 aliphatic heterocycles. The Morgan fingerprint density at radius 3 is 2.30 bits per heavy atom. The van der Waals surface area contributed by atoms with Crippen LogP contribution < -0.4 is 30.5 Å². The SMILES string of the molecule is CC(C)[C@@H](C(=O)N1C[C@H](O)C[C@H]1C(=O)N[C@@H](C)c1ccc(Cl)cc1)c1cc(N2CCC(CN3CCC(OC4CC(Oc5cc(N6C7CC[C@@H]6CN(c6cc(-c8ccccc8O)nnc6N)C7)ccn5)C4)CC3)CC2)no1. The highest BCUT2D eigenvalue weighted by Gasteiger charge is 2.45. The number of nitrogens with one attached hydrogen (secondary N) is 1. The van der Waals surface area contributed by atoms with Gasteiger partial charge in [0.1, 0.15) is 23.8 Å². The number of phenols is 1. The normalized spacial score (nSPS) is 25.2. The molecule has 5 N–H and O–H groups in total. The molecule has 2 amide bonds. The van der Waals surface area contributed by atoms with Gasteiger partial charge in [0.15, 0.2) is 17.4 Å². The number of nitrogens with zero attached hydrogens (tertiary/aromatic N) is 9. The fraction of sp³-hybridized carbons (Fsp3) is 0.544. The number of rotatable bonds is 16. The lowest BCUT2D eigenvalue weighted by Crippen LogP contribution is -2.54. The molecule has 5 saturated heterocycles. The van der Waals surface area contributed by atoms with E-state index in [1.807, 2.05) is 63.4 Å².